The number of carbonyl (C=O) groups excluding carboxylic acids is 2. The van der Waals surface area contributed by atoms with E-state index in [-0.39, 0.29) is 17.4 Å². The minimum atomic E-state index is -0.937. The molecule has 1 fully saturated rings. The Bertz CT molecular complexity index is 1270. The molecule has 1 aliphatic heterocycles. The molecule has 0 aliphatic carbocycles. The predicted octanol–water partition coefficient (Wildman–Crippen LogP) is 3.51. The molecule has 1 saturated heterocycles. The van der Waals surface area contributed by atoms with E-state index < -0.39 is 29.6 Å². The molecule has 2 aromatic carbocycles. The fourth-order valence-electron chi connectivity index (χ4n) is 4.35. The number of methoxy groups -OCH3 is 1. The number of para-hydroxylation sites is 1. The normalized spacial score (nSPS) is 17.5. The number of rotatable bonds is 8. The third kappa shape index (κ3) is 5.97. The fraction of sp³-hybridized carbons (Fsp3) is 0.320. The maximum Gasteiger partial charge on any atom is 0.320 e. The molecule has 3 N–H and O–H groups in total. The van der Waals surface area contributed by atoms with Crippen LogP contribution in [0.1, 0.15) is 22.0 Å². The maximum absolute atomic E-state index is 14.0. The number of benzene rings is 2. The molecule has 1 aromatic heterocycles. The van der Waals surface area contributed by atoms with Gasteiger partial charge in [0.15, 0.2) is 23.1 Å². The first-order chi connectivity index (χ1) is 17.8. The van der Waals surface area contributed by atoms with E-state index in [2.05, 4.69) is 41.9 Å². The Morgan fingerprint density at radius 2 is 1.89 bits per heavy atom. The highest BCUT2D eigenvalue weighted by atomic mass is 79.9. The molecule has 1 aliphatic rings. The maximum atomic E-state index is 14.0. The summed E-state index contributed by atoms with van der Waals surface area (Å²) < 4.78 is 34.5. The van der Waals surface area contributed by atoms with Crippen LogP contribution in [0.5, 0.6) is 0 Å². The number of hydrogen-bond donors (Lipinski definition) is 3. The topological polar surface area (TPSA) is 101 Å². The Kier molecular flexibility index (Phi) is 8.52. The van der Waals surface area contributed by atoms with Crippen LogP contribution in [-0.2, 0) is 4.74 Å². The number of carbonyl (C=O) groups is 2. The van der Waals surface area contributed by atoms with Crippen molar-refractivity contribution >= 4 is 33.7 Å². The smallest absolute Gasteiger partial charge is 0.320 e. The lowest BCUT2D eigenvalue weighted by molar-refractivity contribution is 0.0957. The van der Waals surface area contributed by atoms with Gasteiger partial charge in [-0.3, -0.25) is 15.0 Å². The van der Waals surface area contributed by atoms with Crippen molar-refractivity contribution in [1.29, 1.82) is 0 Å². The van der Waals surface area contributed by atoms with E-state index in [1.165, 1.54) is 23.9 Å². The average molecular weight is 577 g/mol. The Morgan fingerprint density at radius 3 is 2.57 bits per heavy atom. The van der Waals surface area contributed by atoms with Crippen molar-refractivity contribution in [3.63, 3.8) is 0 Å². The number of aromatic nitrogens is 2. The highest BCUT2D eigenvalue weighted by Crippen LogP contribution is 2.31. The summed E-state index contributed by atoms with van der Waals surface area (Å²) in [5, 5.41) is 12.7. The van der Waals surface area contributed by atoms with Gasteiger partial charge in [-0.2, -0.15) is 5.10 Å². The minimum absolute atomic E-state index is 0.105. The number of hydrogen-bond acceptors (Lipinski definition) is 5. The number of urea groups is 1. The van der Waals surface area contributed by atoms with Crippen molar-refractivity contribution in [1.82, 2.24) is 25.3 Å². The summed E-state index contributed by atoms with van der Waals surface area (Å²) in [4.78, 5) is 27.7. The van der Waals surface area contributed by atoms with Gasteiger partial charge in [0.05, 0.1) is 22.8 Å². The van der Waals surface area contributed by atoms with Gasteiger partial charge in [0, 0.05) is 39.7 Å². The number of amides is 3. The van der Waals surface area contributed by atoms with Gasteiger partial charge in [0.2, 0.25) is 0 Å². The van der Waals surface area contributed by atoms with Crippen LogP contribution in [0, 0.1) is 11.6 Å². The first-order valence-corrected chi connectivity index (χ1v) is 12.4. The van der Waals surface area contributed by atoms with Crippen molar-refractivity contribution in [2.45, 2.75) is 12.0 Å². The van der Waals surface area contributed by atoms with Gasteiger partial charge in [-0.1, -0.05) is 24.3 Å². The van der Waals surface area contributed by atoms with Crippen molar-refractivity contribution in [2.75, 3.05) is 45.7 Å². The van der Waals surface area contributed by atoms with Crippen LogP contribution in [0.3, 0.4) is 0 Å². The van der Waals surface area contributed by atoms with E-state index in [1.54, 1.807) is 19.2 Å². The third-order valence-electron chi connectivity index (χ3n) is 6.20. The molecule has 12 heteroatoms. The zero-order valence-corrected chi connectivity index (χ0v) is 21.9. The van der Waals surface area contributed by atoms with Crippen LogP contribution in [0.15, 0.2) is 53.0 Å². The van der Waals surface area contributed by atoms with E-state index in [0.717, 1.165) is 6.07 Å². The molecule has 0 unspecified atom stereocenters. The van der Waals surface area contributed by atoms with Gasteiger partial charge in [0.1, 0.15) is 0 Å². The molecule has 2 atom stereocenters. The van der Waals surface area contributed by atoms with Crippen molar-refractivity contribution in [2.24, 2.45) is 0 Å². The molecule has 196 valence electrons. The predicted molar refractivity (Wildman–Crippen MR) is 138 cm³/mol. The second-order valence-electron chi connectivity index (χ2n) is 8.58. The molecule has 3 amide bonds. The van der Waals surface area contributed by atoms with Crippen LogP contribution < -0.4 is 16.0 Å². The van der Waals surface area contributed by atoms with Gasteiger partial charge in [-0.25, -0.2) is 18.3 Å². The summed E-state index contributed by atoms with van der Waals surface area (Å²) in [6.45, 7) is 2.14. The van der Waals surface area contributed by atoms with E-state index in [0.29, 0.717) is 42.0 Å². The number of ether oxygens (including phenoxy) is 1. The lowest BCUT2D eigenvalue weighted by Crippen LogP contribution is -2.42. The average Bonchev–Trinajstić information content (AvgIpc) is 3.45. The number of likely N-dealkylation sites (tertiary alicyclic amines) is 1. The molecular weight excluding hydrogens is 550 g/mol. The number of nitrogens with one attached hydrogen (secondary N) is 3. The van der Waals surface area contributed by atoms with Crippen LogP contribution in [0.2, 0.25) is 0 Å². The Hall–Kier alpha value is -3.35. The number of halogens is 3. The first kappa shape index (κ1) is 26.7. The van der Waals surface area contributed by atoms with Crippen LogP contribution in [0.25, 0.3) is 5.69 Å². The molecular formula is C25H27BrF2N6O3. The van der Waals surface area contributed by atoms with Crippen molar-refractivity contribution in [3.05, 3.63) is 75.9 Å². The zero-order valence-electron chi connectivity index (χ0n) is 20.3. The Labute approximate surface area is 221 Å². The molecule has 4 rings (SSSR count). The Morgan fingerprint density at radius 1 is 1.14 bits per heavy atom. The monoisotopic (exact) mass is 576 g/mol. The zero-order chi connectivity index (χ0) is 26.5. The van der Waals surface area contributed by atoms with Gasteiger partial charge in [-0.05, 0) is 45.8 Å². The van der Waals surface area contributed by atoms with Gasteiger partial charge in [-0.15, -0.1) is 0 Å². The second kappa shape index (κ2) is 11.8. The van der Waals surface area contributed by atoms with Crippen molar-refractivity contribution in [3.8, 4) is 5.69 Å². The standard InChI is InChI=1S/C25H27BrF2N6O3/c1-29-24(35)22-21(26)23(34(32-22)16-6-4-3-5-7-16)31-25(36)30-20-14-33(10-11-37-2)13-17(20)15-8-9-18(27)19(28)12-15/h3-9,12,17,20H,10-11,13-14H2,1-2H3,(H,29,35)(H2,30,31,36)/t17-,20+/m0/s1. The largest absolute Gasteiger partial charge is 0.383 e. The highest BCUT2D eigenvalue weighted by Gasteiger charge is 2.35. The van der Waals surface area contributed by atoms with E-state index >= 15 is 0 Å². The SMILES string of the molecule is CNC(=O)c1nn(-c2ccccc2)c(NC(=O)N[C@@H]2CN(CCOC)C[C@H]2c2ccc(F)c(F)c2)c1Br. The van der Waals surface area contributed by atoms with Crippen LogP contribution >= 0.6 is 15.9 Å². The first-order valence-electron chi connectivity index (χ1n) is 11.6. The van der Waals surface area contributed by atoms with Gasteiger partial charge in [0.25, 0.3) is 5.91 Å². The molecule has 3 aromatic rings. The second-order valence-corrected chi connectivity index (χ2v) is 9.37. The third-order valence-corrected chi connectivity index (χ3v) is 6.95. The lowest BCUT2D eigenvalue weighted by atomic mass is 9.94. The van der Waals surface area contributed by atoms with E-state index in [9.17, 15) is 18.4 Å². The molecule has 0 bridgehead atoms. The van der Waals surface area contributed by atoms with E-state index in [1.807, 2.05) is 18.2 Å². The summed E-state index contributed by atoms with van der Waals surface area (Å²) in [6.07, 6.45) is 0. The van der Waals surface area contributed by atoms with Crippen LogP contribution in [0.4, 0.5) is 19.4 Å². The van der Waals surface area contributed by atoms with Gasteiger partial charge >= 0.3 is 6.03 Å². The minimum Gasteiger partial charge on any atom is -0.383 e. The quantitative estimate of drug-likeness (QED) is 0.381. The summed E-state index contributed by atoms with van der Waals surface area (Å²) in [6, 6.07) is 11.9. The molecule has 37 heavy (non-hydrogen) atoms. The summed E-state index contributed by atoms with van der Waals surface area (Å²) in [7, 11) is 3.09. The van der Waals surface area contributed by atoms with E-state index in [4.69, 9.17) is 4.74 Å². The van der Waals surface area contributed by atoms with Gasteiger partial charge < -0.3 is 15.4 Å². The molecule has 2 heterocycles. The Balaban J connectivity index is 1.59. The lowest BCUT2D eigenvalue weighted by Gasteiger charge is -2.21. The summed E-state index contributed by atoms with van der Waals surface area (Å²) >= 11 is 3.40. The molecule has 9 nitrogen and oxygen atoms in total. The highest BCUT2D eigenvalue weighted by molar-refractivity contribution is 9.10. The molecule has 0 spiro atoms. The molecule has 0 radical (unpaired) electrons. The molecule has 0 saturated carbocycles. The van der Waals surface area contributed by atoms with Crippen molar-refractivity contribution < 1.29 is 23.1 Å². The number of nitrogens with zero attached hydrogens (tertiary/aromatic N) is 3. The fourth-order valence-corrected chi connectivity index (χ4v) is 4.88. The van der Waals surface area contributed by atoms with Crippen LogP contribution in [-0.4, -0.2) is 73.1 Å². The summed E-state index contributed by atoms with van der Waals surface area (Å²) in [5.41, 5.74) is 1.33. The number of anilines is 1. The summed E-state index contributed by atoms with van der Waals surface area (Å²) in [5.74, 6) is -2.30.